The summed E-state index contributed by atoms with van der Waals surface area (Å²) in [6.45, 7) is 5.10. The number of piperidine rings is 1. The molecule has 0 saturated carbocycles. The smallest absolute Gasteiger partial charge is 0.406 e. The van der Waals surface area contributed by atoms with Crippen LogP contribution in [0.25, 0.3) is 6.08 Å². The zero-order chi connectivity index (χ0) is 32.7. The van der Waals surface area contributed by atoms with Gasteiger partial charge >= 0.3 is 6.36 Å². The van der Waals surface area contributed by atoms with E-state index < -0.39 is 33.6 Å². The lowest BCUT2D eigenvalue weighted by atomic mass is 9.89. The molecule has 2 fully saturated rings. The second-order valence-electron chi connectivity index (χ2n) is 11.9. The van der Waals surface area contributed by atoms with Crippen molar-refractivity contribution in [2.75, 3.05) is 40.3 Å². The van der Waals surface area contributed by atoms with Gasteiger partial charge in [-0.2, -0.15) is 4.31 Å². The largest absolute Gasteiger partial charge is 0.573 e. The lowest BCUT2D eigenvalue weighted by Gasteiger charge is -2.34. The highest BCUT2D eigenvalue weighted by atomic mass is 32.2. The van der Waals surface area contributed by atoms with Gasteiger partial charge in [0.1, 0.15) is 17.1 Å². The number of rotatable bonds is 7. The molecular formula is C31H36F3N5O5S. The summed E-state index contributed by atoms with van der Waals surface area (Å²) in [5.74, 6) is -0.805. The number of hydrogen-bond donors (Lipinski definition) is 1. The first-order chi connectivity index (χ1) is 21.1. The highest BCUT2D eigenvalue weighted by Gasteiger charge is 2.47. The molecule has 2 aromatic rings. The molecule has 10 nitrogen and oxygen atoms in total. The van der Waals surface area contributed by atoms with Gasteiger partial charge in [-0.15, -0.1) is 13.2 Å². The molecular weight excluding hydrogens is 611 g/mol. The predicted molar refractivity (Wildman–Crippen MR) is 163 cm³/mol. The number of hydrogen-bond acceptors (Lipinski definition) is 7. The second kappa shape index (κ2) is 12.2. The van der Waals surface area contributed by atoms with Crippen LogP contribution in [0.5, 0.6) is 5.75 Å². The van der Waals surface area contributed by atoms with Crippen LogP contribution in [0.2, 0.25) is 0 Å². The molecule has 0 aliphatic carbocycles. The third-order valence-corrected chi connectivity index (χ3v) is 10.2. The van der Waals surface area contributed by atoms with E-state index in [0.29, 0.717) is 30.3 Å². The van der Waals surface area contributed by atoms with Gasteiger partial charge in [0.2, 0.25) is 10.0 Å². The van der Waals surface area contributed by atoms with Crippen LogP contribution in [0.15, 0.2) is 46.8 Å². The SMILES string of the molecule is Cc1cc(C(=O)N2CC[C@@H](N(C)C)C2)cc(C)c1C=CS(=O)(=O)N1CCC2(CC1)N=C(c1cccc(OC(F)(F)F)c1)NC2=O. The van der Waals surface area contributed by atoms with Crippen molar-refractivity contribution in [2.45, 2.75) is 51.1 Å². The molecule has 0 radical (unpaired) electrons. The van der Waals surface area contributed by atoms with E-state index in [-0.39, 0.29) is 43.2 Å². The number of aliphatic imine (C=N–C) groups is 1. The number of amidine groups is 1. The molecule has 242 valence electrons. The van der Waals surface area contributed by atoms with E-state index in [2.05, 4.69) is 19.9 Å². The number of likely N-dealkylation sites (tertiary alicyclic amines) is 1. The Balaban J connectivity index is 1.25. The highest BCUT2D eigenvalue weighted by molar-refractivity contribution is 7.92. The van der Waals surface area contributed by atoms with Crippen LogP contribution < -0.4 is 10.1 Å². The minimum atomic E-state index is -4.86. The van der Waals surface area contributed by atoms with Gasteiger partial charge in [-0.3, -0.25) is 14.6 Å². The van der Waals surface area contributed by atoms with E-state index in [1.807, 2.05) is 32.8 Å². The number of ether oxygens (including phenoxy) is 1. The number of likely N-dealkylation sites (N-methyl/N-ethyl adjacent to an activating group) is 1. The van der Waals surface area contributed by atoms with Crippen molar-refractivity contribution in [3.63, 3.8) is 0 Å². The van der Waals surface area contributed by atoms with Crippen LogP contribution >= 0.6 is 0 Å². The molecule has 3 aliphatic rings. The summed E-state index contributed by atoms with van der Waals surface area (Å²) in [4.78, 5) is 34.6. The number of sulfonamides is 1. The molecule has 5 rings (SSSR count). The average molecular weight is 648 g/mol. The molecule has 0 unspecified atom stereocenters. The summed E-state index contributed by atoms with van der Waals surface area (Å²) >= 11 is 0. The average Bonchev–Trinajstić information content (AvgIpc) is 3.57. The first kappa shape index (κ1) is 32.6. The fourth-order valence-electron chi connectivity index (χ4n) is 6.07. The van der Waals surface area contributed by atoms with E-state index in [1.54, 1.807) is 12.1 Å². The van der Waals surface area contributed by atoms with Gasteiger partial charge in [0.05, 0.1) is 0 Å². The normalized spacial score (nSPS) is 20.7. The summed E-state index contributed by atoms with van der Waals surface area (Å²) in [5.41, 5.74) is 1.86. The van der Waals surface area contributed by atoms with E-state index in [1.165, 1.54) is 22.5 Å². The number of aryl methyl sites for hydroxylation is 2. The van der Waals surface area contributed by atoms with E-state index in [4.69, 9.17) is 0 Å². The number of nitrogens with zero attached hydrogens (tertiary/aromatic N) is 4. The van der Waals surface area contributed by atoms with Crippen LogP contribution in [0.4, 0.5) is 13.2 Å². The Hall–Kier alpha value is -3.75. The van der Waals surface area contributed by atoms with Crippen molar-refractivity contribution in [2.24, 2.45) is 4.99 Å². The van der Waals surface area contributed by atoms with Crippen molar-refractivity contribution < 1.29 is 35.9 Å². The molecule has 2 aromatic carbocycles. The van der Waals surface area contributed by atoms with Gasteiger partial charge in [-0.05, 0) is 94.2 Å². The molecule has 14 heteroatoms. The second-order valence-corrected chi connectivity index (χ2v) is 13.8. The van der Waals surface area contributed by atoms with E-state index in [0.717, 1.165) is 35.1 Å². The Morgan fingerprint density at radius 1 is 1.11 bits per heavy atom. The molecule has 1 N–H and O–H groups in total. The molecule has 1 atom stereocenters. The Kier molecular flexibility index (Phi) is 8.86. The number of nitrogens with one attached hydrogen (secondary N) is 1. The third kappa shape index (κ3) is 7.07. The Morgan fingerprint density at radius 2 is 1.78 bits per heavy atom. The summed E-state index contributed by atoms with van der Waals surface area (Å²) in [7, 11) is 0.155. The van der Waals surface area contributed by atoms with E-state index >= 15 is 0 Å². The van der Waals surface area contributed by atoms with Gasteiger partial charge in [0, 0.05) is 48.8 Å². The summed E-state index contributed by atoms with van der Waals surface area (Å²) in [6, 6.07) is 9.04. The maximum Gasteiger partial charge on any atom is 0.573 e. The fourth-order valence-corrected chi connectivity index (χ4v) is 7.25. The van der Waals surface area contributed by atoms with Gasteiger partial charge < -0.3 is 19.9 Å². The van der Waals surface area contributed by atoms with Crippen LogP contribution in [0, 0.1) is 13.8 Å². The first-order valence-corrected chi connectivity index (χ1v) is 16.1. The maximum absolute atomic E-state index is 13.3. The number of carbonyl (C=O) groups excluding carboxylic acids is 2. The standard InChI is InChI=1S/C31H36F3N5O5S/c1-20-16-23(28(40)38-12-8-24(19-38)37(3)4)17-21(2)26(20)9-15-45(42,43)39-13-10-30(11-14-39)29(41)35-27(36-30)22-6-5-7-25(18-22)44-31(32,33)34/h5-7,9,15-18,24H,8,10-14,19H2,1-4H3,(H,35,36,41)/t24-/m1/s1. The van der Waals surface area contributed by atoms with Gasteiger partial charge in [0.25, 0.3) is 11.8 Å². The lowest BCUT2D eigenvalue weighted by molar-refractivity contribution is -0.274. The predicted octanol–water partition coefficient (Wildman–Crippen LogP) is 3.69. The zero-order valence-corrected chi connectivity index (χ0v) is 26.3. The molecule has 0 aromatic heterocycles. The highest BCUT2D eigenvalue weighted by Crippen LogP contribution is 2.33. The van der Waals surface area contributed by atoms with Gasteiger partial charge in [-0.25, -0.2) is 8.42 Å². The quantitative estimate of drug-likeness (QED) is 0.491. The number of benzene rings is 2. The molecule has 3 heterocycles. The molecule has 45 heavy (non-hydrogen) atoms. The van der Waals surface area contributed by atoms with Crippen LogP contribution in [0.3, 0.4) is 0 Å². The van der Waals surface area contributed by atoms with Crippen molar-refractivity contribution >= 4 is 33.7 Å². The van der Waals surface area contributed by atoms with Crippen LogP contribution in [-0.2, 0) is 14.8 Å². The van der Waals surface area contributed by atoms with Crippen LogP contribution in [0.1, 0.15) is 51.9 Å². The number of amides is 2. The molecule has 2 saturated heterocycles. The minimum Gasteiger partial charge on any atom is -0.406 e. The van der Waals surface area contributed by atoms with Crippen molar-refractivity contribution in [3.8, 4) is 5.75 Å². The Bertz CT molecular complexity index is 1640. The third-order valence-electron chi connectivity index (χ3n) is 8.66. The number of alkyl halides is 3. The van der Waals surface area contributed by atoms with Gasteiger partial charge in [0.15, 0.2) is 0 Å². The number of carbonyl (C=O) groups is 2. The first-order valence-electron chi connectivity index (χ1n) is 14.6. The van der Waals surface area contributed by atoms with Crippen molar-refractivity contribution in [3.05, 3.63) is 69.6 Å². The zero-order valence-electron chi connectivity index (χ0n) is 25.5. The molecule has 0 bridgehead atoms. The molecule has 3 aliphatic heterocycles. The summed E-state index contributed by atoms with van der Waals surface area (Å²) in [5, 5.41) is 3.77. The fraction of sp³-hybridized carbons (Fsp3) is 0.452. The lowest BCUT2D eigenvalue weighted by Crippen LogP contribution is -2.50. The monoisotopic (exact) mass is 647 g/mol. The Morgan fingerprint density at radius 3 is 2.38 bits per heavy atom. The van der Waals surface area contributed by atoms with Gasteiger partial charge in [-0.1, -0.05) is 12.1 Å². The summed E-state index contributed by atoms with van der Waals surface area (Å²) < 4.78 is 69.8. The molecule has 2 amide bonds. The number of halogens is 3. The maximum atomic E-state index is 13.3. The van der Waals surface area contributed by atoms with E-state index in [9.17, 15) is 31.2 Å². The topological polar surface area (TPSA) is 112 Å². The summed E-state index contributed by atoms with van der Waals surface area (Å²) in [6.07, 6.45) is -2.20. The van der Waals surface area contributed by atoms with Crippen molar-refractivity contribution in [1.29, 1.82) is 0 Å². The van der Waals surface area contributed by atoms with Crippen molar-refractivity contribution in [1.82, 2.24) is 19.4 Å². The molecule has 1 spiro atoms. The van der Waals surface area contributed by atoms with Crippen LogP contribution in [-0.4, -0.2) is 98.4 Å². The minimum absolute atomic E-state index is 0.0310. The Labute approximate surface area is 260 Å².